The first-order valence-electron chi connectivity index (χ1n) is 5.49. The second-order valence-electron chi connectivity index (χ2n) is 3.87. The van der Waals surface area contributed by atoms with Gasteiger partial charge in [0.05, 0.1) is 24.9 Å². The van der Waals surface area contributed by atoms with Gasteiger partial charge in [-0.2, -0.15) is 0 Å². The number of hydrogen-bond acceptors (Lipinski definition) is 7. The third kappa shape index (κ3) is 3.06. The Kier molecular flexibility index (Phi) is 4.53. The van der Waals surface area contributed by atoms with Crippen LogP contribution in [0.25, 0.3) is 0 Å². The molecular weight excluding hydrogens is 320 g/mol. The Balaban J connectivity index is 2.29. The van der Waals surface area contributed by atoms with Crippen molar-refractivity contribution in [2.75, 3.05) is 7.11 Å². The number of hydrogen-bond donors (Lipinski definition) is 1. The van der Waals surface area contributed by atoms with Gasteiger partial charge in [0.15, 0.2) is 0 Å². The minimum absolute atomic E-state index is 0.0235. The maximum absolute atomic E-state index is 12.3. The molecule has 0 aromatic carbocycles. The molecule has 9 heteroatoms. The zero-order chi connectivity index (χ0) is 14.8. The molecule has 108 valence electrons. The van der Waals surface area contributed by atoms with Crippen LogP contribution in [-0.2, 0) is 21.3 Å². The molecule has 1 N–H and O–H groups in total. The first-order valence-corrected chi connectivity index (χ1v) is 8.79. The van der Waals surface area contributed by atoms with Crippen LogP contribution in [0.5, 0.6) is 0 Å². The monoisotopic (exact) mass is 332 g/mol. The van der Waals surface area contributed by atoms with Gasteiger partial charge >= 0.3 is 5.97 Å². The lowest BCUT2D eigenvalue weighted by Crippen LogP contribution is -2.25. The lowest BCUT2D eigenvalue weighted by atomic mass is 10.3. The van der Waals surface area contributed by atoms with Crippen LogP contribution in [-0.4, -0.2) is 26.5 Å². The summed E-state index contributed by atoms with van der Waals surface area (Å²) in [6.07, 6.45) is 0. The molecular formula is C11H12N2O4S3. The Morgan fingerprint density at radius 2 is 2.20 bits per heavy atom. The molecule has 2 rings (SSSR count). The van der Waals surface area contributed by atoms with Gasteiger partial charge in [-0.05, 0) is 17.9 Å². The molecule has 0 unspecified atom stereocenters. The van der Waals surface area contributed by atoms with Crippen LogP contribution in [0.2, 0.25) is 0 Å². The SMILES string of the molecule is COC(=O)c1scc(C)c1S(=O)(=O)NCc1cscn1. The van der Waals surface area contributed by atoms with E-state index in [0.717, 1.165) is 11.3 Å². The molecule has 0 saturated heterocycles. The maximum atomic E-state index is 12.3. The summed E-state index contributed by atoms with van der Waals surface area (Å²) in [5.41, 5.74) is 2.77. The average molecular weight is 332 g/mol. The molecule has 2 heterocycles. The number of nitrogens with one attached hydrogen (secondary N) is 1. The summed E-state index contributed by atoms with van der Waals surface area (Å²) in [4.78, 5) is 15.7. The molecule has 0 amide bonds. The lowest BCUT2D eigenvalue weighted by Gasteiger charge is -2.07. The van der Waals surface area contributed by atoms with Crippen molar-refractivity contribution in [2.24, 2.45) is 0 Å². The van der Waals surface area contributed by atoms with E-state index in [1.54, 1.807) is 23.2 Å². The number of sulfonamides is 1. The number of aryl methyl sites for hydroxylation is 1. The molecule has 2 aromatic heterocycles. The maximum Gasteiger partial charge on any atom is 0.349 e. The summed E-state index contributed by atoms with van der Waals surface area (Å²) in [5, 5.41) is 3.37. The minimum atomic E-state index is -3.79. The molecule has 20 heavy (non-hydrogen) atoms. The fourth-order valence-electron chi connectivity index (χ4n) is 1.57. The molecule has 0 aliphatic carbocycles. The van der Waals surface area contributed by atoms with E-state index < -0.39 is 16.0 Å². The third-order valence-corrected chi connectivity index (χ3v) is 5.91. The number of thiazole rings is 1. The highest BCUT2D eigenvalue weighted by atomic mass is 32.2. The number of aromatic nitrogens is 1. The van der Waals surface area contributed by atoms with E-state index in [4.69, 9.17) is 0 Å². The standard InChI is InChI=1S/C11H12N2O4S3/c1-7-4-19-9(11(14)17-2)10(7)20(15,16)13-3-8-5-18-6-12-8/h4-6,13H,3H2,1-2H3. The zero-order valence-electron chi connectivity index (χ0n) is 10.7. The van der Waals surface area contributed by atoms with E-state index in [2.05, 4.69) is 14.4 Å². The third-order valence-electron chi connectivity index (χ3n) is 2.48. The number of carbonyl (C=O) groups excluding carboxylic acids is 1. The van der Waals surface area contributed by atoms with Crippen LogP contribution in [0.4, 0.5) is 0 Å². The molecule has 0 atom stereocenters. The summed E-state index contributed by atoms with van der Waals surface area (Å²) < 4.78 is 31.7. The Bertz CT molecular complexity index is 704. The Morgan fingerprint density at radius 1 is 1.45 bits per heavy atom. The first kappa shape index (κ1) is 15.1. The average Bonchev–Trinajstić information content (AvgIpc) is 3.04. The highest BCUT2D eigenvalue weighted by molar-refractivity contribution is 7.89. The van der Waals surface area contributed by atoms with Crippen molar-refractivity contribution >= 4 is 38.7 Å². The number of methoxy groups -OCH3 is 1. The Morgan fingerprint density at radius 3 is 2.80 bits per heavy atom. The summed E-state index contributed by atoms with van der Waals surface area (Å²) in [5.74, 6) is -0.655. The van der Waals surface area contributed by atoms with E-state index in [1.807, 2.05) is 0 Å². The van der Waals surface area contributed by atoms with E-state index in [-0.39, 0.29) is 16.3 Å². The van der Waals surface area contributed by atoms with Gasteiger partial charge in [0.1, 0.15) is 9.77 Å². The molecule has 6 nitrogen and oxygen atoms in total. The topological polar surface area (TPSA) is 85.4 Å². The fraction of sp³-hybridized carbons (Fsp3) is 0.273. The van der Waals surface area contributed by atoms with E-state index in [1.165, 1.54) is 18.4 Å². The predicted octanol–water partition coefficient (Wildman–Crippen LogP) is 1.78. The second kappa shape index (κ2) is 6.00. The first-order chi connectivity index (χ1) is 9.45. The number of ether oxygens (including phenoxy) is 1. The summed E-state index contributed by atoms with van der Waals surface area (Å²) in [6, 6.07) is 0. The summed E-state index contributed by atoms with van der Waals surface area (Å²) >= 11 is 2.44. The van der Waals surface area contributed by atoms with Crippen molar-refractivity contribution in [3.8, 4) is 0 Å². The number of nitrogens with zero attached hydrogens (tertiary/aromatic N) is 1. The van der Waals surface area contributed by atoms with Gasteiger partial charge in [0.2, 0.25) is 10.0 Å². The highest BCUT2D eigenvalue weighted by Gasteiger charge is 2.27. The van der Waals surface area contributed by atoms with Crippen LogP contribution >= 0.6 is 22.7 Å². The molecule has 0 aliphatic heterocycles. The number of thiophene rings is 1. The van der Waals surface area contributed by atoms with Gasteiger partial charge in [0, 0.05) is 5.38 Å². The van der Waals surface area contributed by atoms with Crippen LogP contribution in [0, 0.1) is 6.92 Å². The minimum Gasteiger partial charge on any atom is -0.465 e. The largest absolute Gasteiger partial charge is 0.465 e. The molecule has 0 aliphatic rings. The van der Waals surface area contributed by atoms with Crippen LogP contribution in [0.1, 0.15) is 20.9 Å². The Hall–Kier alpha value is -1.29. The van der Waals surface area contributed by atoms with Crippen molar-refractivity contribution in [3.63, 3.8) is 0 Å². The summed E-state index contributed by atoms with van der Waals surface area (Å²) in [6.45, 7) is 1.72. The molecule has 0 saturated carbocycles. The van der Waals surface area contributed by atoms with Crippen molar-refractivity contribution in [3.05, 3.63) is 32.4 Å². The van der Waals surface area contributed by atoms with Gasteiger partial charge in [-0.25, -0.2) is 22.9 Å². The predicted molar refractivity (Wildman–Crippen MR) is 76.5 cm³/mol. The number of rotatable bonds is 5. The van der Waals surface area contributed by atoms with Crippen molar-refractivity contribution in [1.29, 1.82) is 0 Å². The van der Waals surface area contributed by atoms with Crippen molar-refractivity contribution < 1.29 is 17.9 Å². The van der Waals surface area contributed by atoms with Gasteiger partial charge < -0.3 is 4.74 Å². The summed E-state index contributed by atoms with van der Waals surface area (Å²) in [7, 11) is -2.57. The molecule has 2 aromatic rings. The van der Waals surface area contributed by atoms with Gasteiger partial charge in [-0.15, -0.1) is 22.7 Å². The number of esters is 1. The molecule has 0 fully saturated rings. The zero-order valence-corrected chi connectivity index (χ0v) is 13.2. The van der Waals surface area contributed by atoms with Crippen LogP contribution in [0.15, 0.2) is 21.2 Å². The quantitative estimate of drug-likeness (QED) is 0.844. The highest BCUT2D eigenvalue weighted by Crippen LogP contribution is 2.27. The van der Waals surface area contributed by atoms with Crippen molar-refractivity contribution in [1.82, 2.24) is 9.71 Å². The van der Waals surface area contributed by atoms with Gasteiger partial charge in [0.25, 0.3) is 0 Å². The van der Waals surface area contributed by atoms with E-state index >= 15 is 0 Å². The van der Waals surface area contributed by atoms with E-state index in [9.17, 15) is 13.2 Å². The normalized spacial score (nSPS) is 11.5. The fourth-order valence-corrected chi connectivity index (χ4v) is 4.83. The van der Waals surface area contributed by atoms with Crippen LogP contribution < -0.4 is 4.72 Å². The van der Waals surface area contributed by atoms with E-state index in [0.29, 0.717) is 11.3 Å². The molecule has 0 radical (unpaired) electrons. The van der Waals surface area contributed by atoms with Gasteiger partial charge in [-0.1, -0.05) is 0 Å². The van der Waals surface area contributed by atoms with Crippen molar-refractivity contribution in [2.45, 2.75) is 18.4 Å². The van der Waals surface area contributed by atoms with Crippen LogP contribution in [0.3, 0.4) is 0 Å². The van der Waals surface area contributed by atoms with Gasteiger partial charge in [-0.3, -0.25) is 0 Å². The smallest absolute Gasteiger partial charge is 0.349 e. The molecule has 0 bridgehead atoms. The second-order valence-corrected chi connectivity index (χ2v) is 7.18. The lowest BCUT2D eigenvalue weighted by molar-refractivity contribution is 0.0602. The molecule has 0 spiro atoms. The Labute approximate surface area is 124 Å². The number of carbonyl (C=O) groups is 1.